The third-order valence-corrected chi connectivity index (χ3v) is 3.85. The number of nitrogens with zero attached hydrogens (tertiary/aromatic N) is 1. The monoisotopic (exact) mass is 307 g/mol. The molecule has 1 aliphatic heterocycles. The van der Waals surface area contributed by atoms with Crippen LogP contribution in [0.5, 0.6) is 5.75 Å². The molecule has 124 valence electrons. The third-order valence-electron chi connectivity index (χ3n) is 3.85. The molecule has 0 N–H and O–H groups in total. The van der Waals surface area contributed by atoms with Crippen molar-refractivity contribution in [2.24, 2.45) is 0 Å². The van der Waals surface area contributed by atoms with E-state index >= 15 is 0 Å². The lowest BCUT2D eigenvalue weighted by Gasteiger charge is -2.35. The molecule has 4 nitrogen and oxygen atoms in total. The molecule has 2 rings (SSSR count). The van der Waals surface area contributed by atoms with Crippen LogP contribution < -0.4 is 4.74 Å². The molecule has 2 atom stereocenters. The number of benzene rings is 1. The average Bonchev–Trinajstić information content (AvgIpc) is 2.50. The summed E-state index contributed by atoms with van der Waals surface area (Å²) in [5.74, 6) is 0.929. The molecule has 0 radical (unpaired) electrons. The Balaban J connectivity index is 1.55. The Morgan fingerprint density at radius 2 is 1.91 bits per heavy atom. The first kappa shape index (κ1) is 17.3. The van der Waals surface area contributed by atoms with Crippen LogP contribution in [0.15, 0.2) is 24.3 Å². The summed E-state index contributed by atoms with van der Waals surface area (Å²) in [7, 11) is 0. The van der Waals surface area contributed by atoms with E-state index in [0.717, 1.165) is 38.4 Å². The zero-order chi connectivity index (χ0) is 15.8. The molecule has 1 aliphatic rings. The molecular weight excluding hydrogens is 278 g/mol. The van der Waals surface area contributed by atoms with Gasteiger partial charge in [-0.3, -0.25) is 4.90 Å². The summed E-state index contributed by atoms with van der Waals surface area (Å²) in [6.45, 7) is 11.3. The van der Waals surface area contributed by atoms with Gasteiger partial charge in [0.1, 0.15) is 12.4 Å². The Hall–Kier alpha value is -1.10. The van der Waals surface area contributed by atoms with Crippen LogP contribution >= 0.6 is 0 Å². The van der Waals surface area contributed by atoms with Crippen LogP contribution in [-0.2, 0) is 15.9 Å². The second-order valence-corrected chi connectivity index (χ2v) is 5.98. The Morgan fingerprint density at radius 3 is 2.64 bits per heavy atom. The molecule has 1 heterocycles. The van der Waals surface area contributed by atoms with Gasteiger partial charge in [0, 0.05) is 19.6 Å². The normalized spacial score (nSPS) is 22.7. The number of hydrogen-bond donors (Lipinski definition) is 0. The smallest absolute Gasteiger partial charge is 0.119 e. The first-order valence-electron chi connectivity index (χ1n) is 8.34. The molecule has 0 unspecified atom stereocenters. The van der Waals surface area contributed by atoms with E-state index in [1.54, 1.807) is 0 Å². The SMILES string of the molecule is CCc1cccc(OCCOCCN2C[C@H](C)O[C@@H](C)C2)c1. The van der Waals surface area contributed by atoms with Crippen LogP contribution in [0.4, 0.5) is 0 Å². The fraction of sp³-hybridized carbons (Fsp3) is 0.667. The van der Waals surface area contributed by atoms with E-state index in [1.807, 2.05) is 12.1 Å². The molecular formula is C18H29NO3. The highest BCUT2D eigenvalue weighted by molar-refractivity contribution is 5.28. The zero-order valence-corrected chi connectivity index (χ0v) is 14.1. The first-order valence-corrected chi connectivity index (χ1v) is 8.34. The largest absolute Gasteiger partial charge is 0.491 e. The molecule has 1 aromatic rings. The summed E-state index contributed by atoms with van der Waals surface area (Å²) in [5.41, 5.74) is 1.30. The zero-order valence-electron chi connectivity index (χ0n) is 14.1. The molecule has 0 bridgehead atoms. The summed E-state index contributed by atoms with van der Waals surface area (Å²) in [6, 6.07) is 8.25. The summed E-state index contributed by atoms with van der Waals surface area (Å²) in [6.07, 6.45) is 1.67. The fourth-order valence-corrected chi connectivity index (χ4v) is 2.84. The van der Waals surface area contributed by atoms with Gasteiger partial charge in [-0.25, -0.2) is 0 Å². The van der Waals surface area contributed by atoms with Crippen molar-refractivity contribution in [2.75, 3.05) is 39.5 Å². The molecule has 1 fully saturated rings. The van der Waals surface area contributed by atoms with Gasteiger partial charge in [0.2, 0.25) is 0 Å². The van der Waals surface area contributed by atoms with E-state index in [4.69, 9.17) is 14.2 Å². The molecule has 1 aromatic carbocycles. The van der Waals surface area contributed by atoms with Crippen LogP contribution in [0.3, 0.4) is 0 Å². The van der Waals surface area contributed by atoms with Gasteiger partial charge in [-0.05, 0) is 38.0 Å². The molecule has 22 heavy (non-hydrogen) atoms. The van der Waals surface area contributed by atoms with E-state index in [2.05, 4.69) is 37.8 Å². The topological polar surface area (TPSA) is 30.9 Å². The second kappa shape index (κ2) is 9.13. The molecule has 0 saturated carbocycles. The lowest BCUT2D eigenvalue weighted by Crippen LogP contribution is -2.46. The molecule has 1 saturated heterocycles. The van der Waals surface area contributed by atoms with Gasteiger partial charge in [0.15, 0.2) is 0 Å². The Kier molecular flexibility index (Phi) is 7.16. The van der Waals surface area contributed by atoms with E-state index in [-0.39, 0.29) is 0 Å². The van der Waals surface area contributed by atoms with Gasteiger partial charge in [0.25, 0.3) is 0 Å². The molecule has 0 spiro atoms. The molecule has 0 aliphatic carbocycles. The Labute approximate surface area is 134 Å². The quantitative estimate of drug-likeness (QED) is 0.691. The molecule has 0 amide bonds. The van der Waals surface area contributed by atoms with Crippen molar-refractivity contribution < 1.29 is 14.2 Å². The van der Waals surface area contributed by atoms with Crippen LogP contribution in [0.1, 0.15) is 26.3 Å². The minimum atomic E-state index is 0.318. The number of aryl methyl sites for hydroxylation is 1. The minimum absolute atomic E-state index is 0.318. The summed E-state index contributed by atoms with van der Waals surface area (Å²) < 4.78 is 17.1. The number of ether oxygens (including phenoxy) is 3. The Morgan fingerprint density at radius 1 is 1.14 bits per heavy atom. The standard InChI is InChI=1S/C18H29NO3/c1-4-17-6-5-7-18(12-17)21-11-10-20-9-8-19-13-15(2)22-16(3)14-19/h5-7,12,15-16H,4,8-11,13-14H2,1-3H3/t15-,16-/m0/s1. The van der Waals surface area contributed by atoms with Gasteiger partial charge < -0.3 is 14.2 Å². The summed E-state index contributed by atoms with van der Waals surface area (Å²) in [4.78, 5) is 2.41. The number of morpholine rings is 1. The third kappa shape index (κ3) is 5.95. The predicted molar refractivity (Wildman–Crippen MR) is 88.6 cm³/mol. The van der Waals surface area contributed by atoms with E-state index < -0.39 is 0 Å². The van der Waals surface area contributed by atoms with Crippen LogP contribution in [0.25, 0.3) is 0 Å². The van der Waals surface area contributed by atoms with Crippen molar-refractivity contribution >= 4 is 0 Å². The highest BCUT2D eigenvalue weighted by Crippen LogP contribution is 2.13. The average molecular weight is 307 g/mol. The van der Waals surface area contributed by atoms with Crippen molar-refractivity contribution in [3.63, 3.8) is 0 Å². The van der Waals surface area contributed by atoms with Gasteiger partial charge in [-0.15, -0.1) is 0 Å². The molecule has 0 aromatic heterocycles. The first-order chi connectivity index (χ1) is 10.7. The van der Waals surface area contributed by atoms with Crippen molar-refractivity contribution in [1.82, 2.24) is 4.90 Å². The van der Waals surface area contributed by atoms with Gasteiger partial charge in [0.05, 0.1) is 25.4 Å². The lowest BCUT2D eigenvalue weighted by molar-refractivity contribution is -0.0734. The van der Waals surface area contributed by atoms with Crippen molar-refractivity contribution in [3.05, 3.63) is 29.8 Å². The lowest BCUT2D eigenvalue weighted by atomic mass is 10.2. The van der Waals surface area contributed by atoms with Crippen LogP contribution in [0, 0.1) is 0 Å². The van der Waals surface area contributed by atoms with Crippen molar-refractivity contribution in [3.8, 4) is 5.75 Å². The maximum Gasteiger partial charge on any atom is 0.119 e. The van der Waals surface area contributed by atoms with Crippen LogP contribution in [-0.4, -0.2) is 56.6 Å². The van der Waals surface area contributed by atoms with Crippen molar-refractivity contribution in [1.29, 1.82) is 0 Å². The number of hydrogen-bond acceptors (Lipinski definition) is 4. The predicted octanol–water partition coefficient (Wildman–Crippen LogP) is 2.75. The molecule has 4 heteroatoms. The van der Waals surface area contributed by atoms with E-state index in [0.29, 0.717) is 25.4 Å². The minimum Gasteiger partial charge on any atom is -0.491 e. The van der Waals surface area contributed by atoms with Gasteiger partial charge in [-0.1, -0.05) is 19.1 Å². The fourth-order valence-electron chi connectivity index (χ4n) is 2.84. The second-order valence-electron chi connectivity index (χ2n) is 5.98. The van der Waals surface area contributed by atoms with Gasteiger partial charge in [-0.2, -0.15) is 0 Å². The number of rotatable bonds is 8. The highest BCUT2D eigenvalue weighted by Gasteiger charge is 2.21. The van der Waals surface area contributed by atoms with E-state index in [1.165, 1.54) is 5.56 Å². The highest BCUT2D eigenvalue weighted by atomic mass is 16.5. The summed E-state index contributed by atoms with van der Waals surface area (Å²) in [5, 5.41) is 0. The Bertz CT molecular complexity index is 428. The van der Waals surface area contributed by atoms with E-state index in [9.17, 15) is 0 Å². The maximum absolute atomic E-state index is 5.73. The van der Waals surface area contributed by atoms with Gasteiger partial charge >= 0.3 is 0 Å². The van der Waals surface area contributed by atoms with Crippen molar-refractivity contribution in [2.45, 2.75) is 39.4 Å². The van der Waals surface area contributed by atoms with Crippen LogP contribution in [0.2, 0.25) is 0 Å². The summed E-state index contributed by atoms with van der Waals surface area (Å²) >= 11 is 0. The maximum atomic E-state index is 5.73.